The van der Waals surface area contributed by atoms with E-state index >= 15 is 0 Å². The third-order valence-corrected chi connectivity index (χ3v) is 8.99. The van der Waals surface area contributed by atoms with Crippen molar-refractivity contribution in [1.82, 2.24) is 26.6 Å². The van der Waals surface area contributed by atoms with E-state index in [1.54, 1.807) is 0 Å². The molecule has 1 unspecified atom stereocenters. The smallest absolute Gasteiger partial charge is 0.407 e. The zero-order valence-electron chi connectivity index (χ0n) is 33.6. The van der Waals surface area contributed by atoms with Gasteiger partial charge in [0.1, 0.15) is 13.2 Å². The average molecular weight is 743 g/mol. The molecule has 0 bridgehead atoms. The van der Waals surface area contributed by atoms with Crippen LogP contribution >= 0.6 is 0 Å². The van der Waals surface area contributed by atoms with Gasteiger partial charge in [0.15, 0.2) is 6.10 Å². The summed E-state index contributed by atoms with van der Waals surface area (Å²) >= 11 is 0. The molecule has 0 aromatic rings. The topological polar surface area (TPSA) is 165 Å². The molecule has 3 amide bonds. The van der Waals surface area contributed by atoms with E-state index in [-0.39, 0.29) is 13.2 Å². The van der Waals surface area contributed by atoms with Gasteiger partial charge >= 0.3 is 18.3 Å². The third kappa shape index (κ3) is 38.9. The van der Waals surface area contributed by atoms with Gasteiger partial charge in [-0.15, -0.1) is 0 Å². The number of nitrogens with two attached hydrogens (primary N) is 1. The predicted molar refractivity (Wildman–Crippen MR) is 214 cm³/mol. The van der Waals surface area contributed by atoms with E-state index in [0.29, 0.717) is 26.2 Å². The Morgan fingerprint density at radius 2 is 0.750 bits per heavy atom. The first kappa shape index (κ1) is 49.7. The fourth-order valence-corrected chi connectivity index (χ4v) is 5.74. The molecule has 308 valence electrons. The highest BCUT2D eigenvalue weighted by Crippen LogP contribution is 2.11. The number of carbonyl (C=O) groups is 3. The molecule has 0 saturated heterocycles. The number of alkyl carbamates (subject to hydrolysis) is 3. The van der Waals surface area contributed by atoms with Crippen LogP contribution in [0.25, 0.3) is 0 Å². The number of amides is 3. The van der Waals surface area contributed by atoms with Crippen molar-refractivity contribution in [2.75, 3.05) is 65.6 Å². The van der Waals surface area contributed by atoms with Gasteiger partial charge in [0.05, 0.1) is 0 Å². The SMILES string of the molecule is CCCCCCCCCCCCNC(=O)OCC(COC(=O)NCCCNCCCCNCCCN)OC(=O)NCCCCCCCCCCCC. The van der Waals surface area contributed by atoms with Gasteiger partial charge in [0.2, 0.25) is 0 Å². The Kier molecular flexibility index (Phi) is 39.6. The second-order valence-corrected chi connectivity index (χ2v) is 14.1. The van der Waals surface area contributed by atoms with E-state index in [2.05, 4.69) is 40.4 Å². The molecule has 0 heterocycles. The summed E-state index contributed by atoms with van der Waals surface area (Å²) in [6.07, 6.45) is 25.6. The lowest BCUT2D eigenvalue weighted by Gasteiger charge is -2.19. The summed E-state index contributed by atoms with van der Waals surface area (Å²) in [6.45, 7) is 9.91. The van der Waals surface area contributed by atoms with Crippen LogP contribution in [-0.4, -0.2) is 90.0 Å². The number of hydrogen-bond acceptors (Lipinski definition) is 9. The Morgan fingerprint density at radius 3 is 1.17 bits per heavy atom. The lowest BCUT2D eigenvalue weighted by molar-refractivity contribution is 0.00738. The second-order valence-electron chi connectivity index (χ2n) is 14.1. The van der Waals surface area contributed by atoms with E-state index in [9.17, 15) is 14.4 Å². The number of carbonyl (C=O) groups excluding carboxylic acids is 3. The summed E-state index contributed by atoms with van der Waals surface area (Å²) in [7, 11) is 0. The standard InChI is InChI=1S/C40H82N6O6/c1-3-5-7-9-11-13-15-17-19-21-32-44-38(47)50-35-37(52-40(49)46-33-22-20-18-16-14-12-10-8-6-4-2)36-51-39(48)45-34-26-31-43-29-24-23-28-42-30-25-27-41/h37,42-43H,3-36,41H2,1-2H3,(H,44,47)(H,45,48)(H,46,49). The van der Waals surface area contributed by atoms with Crippen LogP contribution in [0.3, 0.4) is 0 Å². The zero-order chi connectivity index (χ0) is 38.0. The summed E-state index contributed by atoms with van der Waals surface area (Å²) in [5, 5.41) is 15.0. The Bertz CT molecular complexity index is 794. The lowest BCUT2D eigenvalue weighted by Crippen LogP contribution is -2.38. The summed E-state index contributed by atoms with van der Waals surface area (Å²) in [5.74, 6) is 0. The van der Waals surface area contributed by atoms with Crippen LogP contribution in [0.4, 0.5) is 14.4 Å². The number of rotatable bonds is 39. The van der Waals surface area contributed by atoms with Gasteiger partial charge in [0.25, 0.3) is 0 Å². The number of unbranched alkanes of at least 4 members (excludes halogenated alkanes) is 19. The van der Waals surface area contributed by atoms with Gasteiger partial charge in [0, 0.05) is 19.6 Å². The van der Waals surface area contributed by atoms with Crippen LogP contribution in [-0.2, 0) is 14.2 Å². The first-order valence-corrected chi connectivity index (χ1v) is 21.4. The maximum absolute atomic E-state index is 12.5. The van der Waals surface area contributed by atoms with Crippen molar-refractivity contribution in [3.63, 3.8) is 0 Å². The Hall–Kier alpha value is -2.31. The molecule has 52 heavy (non-hydrogen) atoms. The van der Waals surface area contributed by atoms with E-state index in [4.69, 9.17) is 19.9 Å². The maximum Gasteiger partial charge on any atom is 0.407 e. The van der Waals surface area contributed by atoms with E-state index < -0.39 is 24.4 Å². The third-order valence-electron chi connectivity index (χ3n) is 8.99. The van der Waals surface area contributed by atoms with Crippen LogP contribution in [0.2, 0.25) is 0 Å². The van der Waals surface area contributed by atoms with E-state index in [1.807, 2.05) is 0 Å². The van der Waals surface area contributed by atoms with Gasteiger partial charge in [-0.05, 0) is 71.2 Å². The first-order chi connectivity index (χ1) is 25.5. The van der Waals surface area contributed by atoms with E-state index in [0.717, 1.165) is 84.0 Å². The van der Waals surface area contributed by atoms with Gasteiger partial charge in [-0.25, -0.2) is 14.4 Å². The first-order valence-electron chi connectivity index (χ1n) is 21.4. The van der Waals surface area contributed by atoms with Crippen molar-refractivity contribution in [3.8, 4) is 0 Å². The molecule has 0 aliphatic carbocycles. The van der Waals surface area contributed by atoms with Crippen LogP contribution in [0.5, 0.6) is 0 Å². The van der Waals surface area contributed by atoms with Crippen molar-refractivity contribution in [1.29, 1.82) is 0 Å². The summed E-state index contributed by atoms with van der Waals surface area (Å²) in [4.78, 5) is 37.2. The molecule has 0 radical (unpaired) electrons. The highest BCUT2D eigenvalue weighted by molar-refractivity contribution is 5.69. The Balaban J connectivity index is 4.32. The monoisotopic (exact) mass is 743 g/mol. The molecule has 0 aromatic carbocycles. The molecule has 0 spiro atoms. The molecule has 0 aliphatic rings. The largest absolute Gasteiger partial charge is 0.445 e. The molecule has 12 nitrogen and oxygen atoms in total. The van der Waals surface area contributed by atoms with Crippen LogP contribution in [0.15, 0.2) is 0 Å². The minimum atomic E-state index is -0.923. The molecular weight excluding hydrogens is 660 g/mol. The molecule has 0 saturated carbocycles. The number of ether oxygens (including phenoxy) is 3. The fraction of sp³-hybridized carbons (Fsp3) is 0.925. The normalized spacial score (nSPS) is 11.6. The number of nitrogens with one attached hydrogen (secondary N) is 5. The van der Waals surface area contributed by atoms with Gasteiger partial charge in [-0.1, -0.05) is 129 Å². The van der Waals surface area contributed by atoms with Crippen molar-refractivity contribution >= 4 is 18.3 Å². The van der Waals surface area contributed by atoms with Gasteiger partial charge < -0.3 is 46.5 Å². The van der Waals surface area contributed by atoms with Crippen LogP contribution in [0.1, 0.15) is 168 Å². The summed E-state index contributed by atoms with van der Waals surface area (Å²) in [6, 6.07) is 0. The maximum atomic E-state index is 12.5. The molecule has 0 fully saturated rings. The molecular formula is C40H82N6O6. The molecule has 7 N–H and O–H groups in total. The summed E-state index contributed by atoms with van der Waals surface area (Å²) < 4.78 is 16.1. The van der Waals surface area contributed by atoms with Crippen LogP contribution in [0, 0.1) is 0 Å². The lowest BCUT2D eigenvalue weighted by atomic mass is 10.1. The molecule has 0 rings (SSSR count). The highest BCUT2D eigenvalue weighted by Gasteiger charge is 2.19. The fourth-order valence-electron chi connectivity index (χ4n) is 5.74. The second kappa shape index (κ2) is 41.4. The zero-order valence-corrected chi connectivity index (χ0v) is 33.6. The molecule has 0 aromatic heterocycles. The minimum Gasteiger partial charge on any atom is -0.445 e. The Morgan fingerprint density at radius 1 is 0.423 bits per heavy atom. The highest BCUT2D eigenvalue weighted by atomic mass is 16.6. The van der Waals surface area contributed by atoms with Crippen molar-refractivity contribution in [2.24, 2.45) is 5.73 Å². The van der Waals surface area contributed by atoms with Crippen molar-refractivity contribution < 1.29 is 28.6 Å². The van der Waals surface area contributed by atoms with Crippen LogP contribution < -0.4 is 32.3 Å². The van der Waals surface area contributed by atoms with Crippen molar-refractivity contribution in [3.05, 3.63) is 0 Å². The quantitative estimate of drug-likeness (QED) is 0.0270. The molecule has 12 heteroatoms. The minimum absolute atomic E-state index is 0.213. The molecule has 1 atom stereocenters. The predicted octanol–water partition coefficient (Wildman–Crippen LogP) is 8.07. The average Bonchev–Trinajstić information content (AvgIpc) is 3.14. The Labute approximate surface area is 318 Å². The number of hydrogen-bond donors (Lipinski definition) is 6. The van der Waals surface area contributed by atoms with E-state index in [1.165, 1.54) is 96.3 Å². The molecule has 0 aliphatic heterocycles. The van der Waals surface area contributed by atoms with Gasteiger partial charge in [-0.3, -0.25) is 0 Å². The van der Waals surface area contributed by atoms with Gasteiger partial charge in [-0.2, -0.15) is 0 Å². The van der Waals surface area contributed by atoms with Crippen molar-refractivity contribution in [2.45, 2.75) is 174 Å². The summed E-state index contributed by atoms with van der Waals surface area (Å²) in [5.41, 5.74) is 5.50.